The van der Waals surface area contributed by atoms with Crippen molar-refractivity contribution >= 4 is 27.3 Å². The average molecular weight is 406 g/mol. The molecule has 0 unspecified atom stereocenters. The molecule has 29 heavy (non-hydrogen) atoms. The van der Waals surface area contributed by atoms with Gasteiger partial charge in [0.15, 0.2) is 5.78 Å². The maximum Gasteiger partial charge on any atom is 0.263 e. The van der Waals surface area contributed by atoms with Crippen LogP contribution in [0.5, 0.6) is 11.5 Å². The highest BCUT2D eigenvalue weighted by atomic mass is 32.1. The number of thiophene rings is 1. The Morgan fingerprint density at radius 3 is 2.62 bits per heavy atom. The van der Waals surface area contributed by atoms with Gasteiger partial charge in [0.05, 0.1) is 38.0 Å². The van der Waals surface area contributed by atoms with Gasteiger partial charge in [0.25, 0.3) is 5.56 Å². The Labute approximate surface area is 171 Å². The number of ether oxygens (including phenoxy) is 2. The van der Waals surface area contributed by atoms with Crippen LogP contribution in [0.15, 0.2) is 65.0 Å². The van der Waals surface area contributed by atoms with E-state index in [1.807, 2.05) is 35.7 Å². The summed E-state index contributed by atoms with van der Waals surface area (Å²) in [7, 11) is 3.03. The van der Waals surface area contributed by atoms with E-state index in [-0.39, 0.29) is 17.9 Å². The van der Waals surface area contributed by atoms with E-state index < -0.39 is 0 Å². The number of fused-ring (bicyclic) bond motifs is 1. The Bertz CT molecular complexity index is 1240. The lowest BCUT2D eigenvalue weighted by molar-refractivity contribution is 0.0967. The summed E-state index contributed by atoms with van der Waals surface area (Å²) in [5.41, 5.74) is 1.91. The third-order valence-electron chi connectivity index (χ3n) is 4.67. The van der Waals surface area contributed by atoms with Crippen LogP contribution < -0.4 is 15.0 Å². The molecule has 0 aliphatic heterocycles. The largest absolute Gasteiger partial charge is 0.497 e. The van der Waals surface area contributed by atoms with Gasteiger partial charge in [0, 0.05) is 17.0 Å². The lowest BCUT2D eigenvalue weighted by Gasteiger charge is -2.10. The molecule has 0 bridgehead atoms. The molecule has 0 saturated heterocycles. The molecule has 0 saturated carbocycles. The summed E-state index contributed by atoms with van der Waals surface area (Å²) in [4.78, 5) is 31.0. The van der Waals surface area contributed by atoms with Crippen LogP contribution in [0.4, 0.5) is 0 Å². The van der Waals surface area contributed by atoms with Gasteiger partial charge < -0.3 is 9.47 Å². The van der Waals surface area contributed by atoms with Gasteiger partial charge in [0.2, 0.25) is 0 Å². The molecule has 7 heteroatoms. The summed E-state index contributed by atoms with van der Waals surface area (Å²) >= 11 is 1.41. The summed E-state index contributed by atoms with van der Waals surface area (Å²) in [5, 5.41) is 2.45. The van der Waals surface area contributed by atoms with Crippen LogP contribution in [0.3, 0.4) is 0 Å². The third-order valence-corrected chi connectivity index (χ3v) is 5.55. The van der Waals surface area contributed by atoms with Crippen molar-refractivity contribution < 1.29 is 14.3 Å². The first-order chi connectivity index (χ1) is 14.1. The van der Waals surface area contributed by atoms with Gasteiger partial charge in [-0.2, -0.15) is 0 Å². The first kappa shape index (κ1) is 18.9. The Kier molecular flexibility index (Phi) is 5.14. The van der Waals surface area contributed by atoms with Crippen molar-refractivity contribution in [2.75, 3.05) is 14.2 Å². The summed E-state index contributed by atoms with van der Waals surface area (Å²) in [6.45, 7) is -0.130. The van der Waals surface area contributed by atoms with E-state index in [0.29, 0.717) is 27.3 Å². The van der Waals surface area contributed by atoms with Crippen molar-refractivity contribution in [2.45, 2.75) is 6.54 Å². The van der Waals surface area contributed by atoms with Gasteiger partial charge in [-0.3, -0.25) is 14.2 Å². The highest BCUT2D eigenvalue weighted by Gasteiger charge is 2.17. The number of ketones is 1. The fraction of sp³-hybridized carbons (Fsp3) is 0.136. The van der Waals surface area contributed by atoms with E-state index in [9.17, 15) is 9.59 Å². The number of rotatable bonds is 6. The zero-order valence-electron chi connectivity index (χ0n) is 15.9. The van der Waals surface area contributed by atoms with Crippen LogP contribution in [0.2, 0.25) is 0 Å². The van der Waals surface area contributed by atoms with Crippen molar-refractivity contribution in [3.05, 3.63) is 76.2 Å². The number of methoxy groups -OCH3 is 2. The van der Waals surface area contributed by atoms with Crippen LogP contribution in [0, 0.1) is 0 Å². The zero-order chi connectivity index (χ0) is 20.4. The van der Waals surface area contributed by atoms with E-state index in [1.54, 1.807) is 25.3 Å². The summed E-state index contributed by atoms with van der Waals surface area (Å²) in [6, 6.07) is 14.6. The molecule has 0 aliphatic rings. The fourth-order valence-corrected chi connectivity index (χ4v) is 4.09. The quantitative estimate of drug-likeness (QED) is 0.452. The monoisotopic (exact) mass is 406 g/mol. The lowest BCUT2D eigenvalue weighted by Crippen LogP contribution is -2.24. The summed E-state index contributed by atoms with van der Waals surface area (Å²) in [5.74, 6) is 0.741. The van der Waals surface area contributed by atoms with E-state index >= 15 is 0 Å². The van der Waals surface area contributed by atoms with Gasteiger partial charge in [-0.1, -0.05) is 30.3 Å². The average Bonchev–Trinajstić information content (AvgIpc) is 3.20. The van der Waals surface area contributed by atoms with Crippen molar-refractivity contribution in [3.63, 3.8) is 0 Å². The first-order valence-electron chi connectivity index (χ1n) is 8.89. The second kappa shape index (κ2) is 7.89. The second-order valence-electron chi connectivity index (χ2n) is 6.36. The molecule has 0 amide bonds. The molecule has 0 aliphatic carbocycles. The van der Waals surface area contributed by atoms with Gasteiger partial charge in [-0.25, -0.2) is 4.98 Å². The SMILES string of the molecule is COc1ccc(C(=O)Cn2cnc3scc(-c4ccccc4)c3c2=O)c(OC)c1. The molecule has 4 rings (SSSR count). The highest BCUT2D eigenvalue weighted by Crippen LogP contribution is 2.30. The molecule has 0 radical (unpaired) electrons. The minimum absolute atomic E-state index is 0.130. The highest BCUT2D eigenvalue weighted by molar-refractivity contribution is 7.17. The van der Waals surface area contributed by atoms with Crippen LogP contribution >= 0.6 is 11.3 Å². The van der Waals surface area contributed by atoms with Crippen LogP contribution in [-0.4, -0.2) is 29.6 Å². The number of nitrogens with zero attached hydrogens (tertiary/aromatic N) is 2. The molecule has 0 atom stereocenters. The van der Waals surface area contributed by atoms with Gasteiger partial charge >= 0.3 is 0 Å². The Balaban J connectivity index is 1.73. The number of hydrogen-bond acceptors (Lipinski definition) is 6. The van der Waals surface area contributed by atoms with Crippen molar-refractivity contribution in [1.29, 1.82) is 0 Å². The van der Waals surface area contributed by atoms with Crippen LogP contribution in [-0.2, 0) is 6.54 Å². The number of hydrogen-bond donors (Lipinski definition) is 0. The van der Waals surface area contributed by atoms with E-state index in [4.69, 9.17) is 9.47 Å². The third kappa shape index (κ3) is 3.52. The molecule has 2 heterocycles. The van der Waals surface area contributed by atoms with Crippen molar-refractivity contribution in [3.8, 4) is 22.6 Å². The Hall–Kier alpha value is -3.45. The van der Waals surface area contributed by atoms with Crippen LogP contribution in [0.1, 0.15) is 10.4 Å². The normalized spacial score (nSPS) is 10.8. The molecule has 0 spiro atoms. The predicted octanol–water partition coefficient (Wildman–Crippen LogP) is 4.03. The molecular weight excluding hydrogens is 388 g/mol. The molecule has 2 aromatic heterocycles. The van der Waals surface area contributed by atoms with Crippen molar-refractivity contribution in [1.82, 2.24) is 9.55 Å². The maximum absolute atomic E-state index is 13.1. The second-order valence-corrected chi connectivity index (χ2v) is 7.22. The number of carbonyl (C=O) groups excluding carboxylic acids is 1. The molecule has 4 aromatic rings. The molecule has 2 aromatic carbocycles. The van der Waals surface area contributed by atoms with Gasteiger partial charge in [0.1, 0.15) is 16.3 Å². The summed E-state index contributed by atoms with van der Waals surface area (Å²) in [6.07, 6.45) is 1.42. The first-order valence-corrected chi connectivity index (χ1v) is 9.77. The van der Waals surface area contributed by atoms with Gasteiger partial charge in [-0.05, 0) is 17.7 Å². The van der Waals surface area contributed by atoms with Crippen LogP contribution in [0.25, 0.3) is 21.3 Å². The van der Waals surface area contributed by atoms with Gasteiger partial charge in [-0.15, -0.1) is 11.3 Å². The molecule has 6 nitrogen and oxygen atoms in total. The molecule has 0 N–H and O–H groups in total. The minimum atomic E-state index is -0.246. The van der Waals surface area contributed by atoms with Crippen molar-refractivity contribution in [2.24, 2.45) is 0 Å². The topological polar surface area (TPSA) is 70.4 Å². The molecule has 0 fully saturated rings. The summed E-state index contributed by atoms with van der Waals surface area (Å²) < 4.78 is 11.8. The Morgan fingerprint density at radius 1 is 1.10 bits per heavy atom. The van der Waals surface area contributed by atoms with E-state index in [0.717, 1.165) is 11.1 Å². The zero-order valence-corrected chi connectivity index (χ0v) is 16.7. The predicted molar refractivity (Wildman–Crippen MR) is 113 cm³/mol. The molecule has 146 valence electrons. The lowest BCUT2D eigenvalue weighted by atomic mass is 10.1. The fourth-order valence-electron chi connectivity index (χ4n) is 3.18. The number of carbonyl (C=O) groups is 1. The number of benzene rings is 2. The Morgan fingerprint density at radius 2 is 1.90 bits per heavy atom. The number of aromatic nitrogens is 2. The maximum atomic E-state index is 13.1. The minimum Gasteiger partial charge on any atom is -0.497 e. The molecular formula is C22H18N2O4S. The van der Waals surface area contributed by atoms with E-state index in [2.05, 4.69) is 4.98 Å². The standard InChI is InChI=1S/C22H18N2O4S/c1-27-15-8-9-16(19(10-15)28-2)18(25)11-24-13-23-21-20(22(24)26)17(12-29-21)14-6-4-3-5-7-14/h3-10,12-13H,11H2,1-2H3. The smallest absolute Gasteiger partial charge is 0.263 e. The van der Waals surface area contributed by atoms with E-state index in [1.165, 1.54) is 29.3 Å². The number of Topliss-reactive ketones (excluding diaryl/α,β-unsaturated/α-hetero) is 1.